The molecular weight excluding hydrogens is 116 g/mol. The van der Waals surface area contributed by atoms with Crippen LogP contribution in [0.4, 0.5) is 0 Å². The Morgan fingerprint density at radius 1 is 1.56 bits per heavy atom. The molecule has 0 atom stereocenters. The van der Waals surface area contributed by atoms with Crippen molar-refractivity contribution in [2.45, 2.75) is 25.8 Å². The van der Waals surface area contributed by atoms with Gasteiger partial charge in [-0.1, -0.05) is 0 Å². The fourth-order valence-electron chi connectivity index (χ4n) is 0.439. The van der Waals surface area contributed by atoms with Crippen LogP contribution in [0, 0.1) is 0 Å². The van der Waals surface area contributed by atoms with Crippen molar-refractivity contribution < 1.29 is 4.84 Å². The third-order valence-electron chi connectivity index (χ3n) is 1.52. The van der Waals surface area contributed by atoms with Gasteiger partial charge in [-0.3, -0.25) is 0 Å². The third-order valence-corrected chi connectivity index (χ3v) is 1.52. The van der Waals surface area contributed by atoms with E-state index in [0.29, 0.717) is 6.61 Å². The molecule has 9 heavy (non-hydrogen) atoms. The van der Waals surface area contributed by atoms with Gasteiger partial charge in [0.15, 0.2) is 0 Å². The maximum absolute atomic E-state index is 4.86. The maximum Gasteiger partial charge on any atom is 0.0696 e. The first-order valence-corrected chi connectivity index (χ1v) is 3.13. The first kappa shape index (κ1) is 8.88. The molecule has 0 aliphatic heterocycles. The molecule has 0 saturated carbocycles. The van der Waals surface area contributed by atoms with E-state index in [9.17, 15) is 0 Å². The van der Waals surface area contributed by atoms with Gasteiger partial charge < -0.3 is 10.2 Å². The second kappa shape index (κ2) is 3.82. The highest BCUT2D eigenvalue weighted by Gasteiger charge is 2.12. The summed E-state index contributed by atoms with van der Waals surface area (Å²) in [6.07, 6.45) is 0.931. The van der Waals surface area contributed by atoms with Gasteiger partial charge in [-0.2, -0.15) is 0 Å². The minimum absolute atomic E-state index is 0.138. The topological polar surface area (TPSA) is 47.3 Å². The van der Waals surface area contributed by atoms with Gasteiger partial charge in [0, 0.05) is 5.54 Å². The molecule has 0 rings (SSSR count). The van der Waals surface area contributed by atoms with Crippen LogP contribution in [-0.2, 0) is 4.84 Å². The molecule has 0 spiro atoms. The standard InChI is InChI=1S/C6H16N2O/c1-6(2,8-3)4-5-9-7/h8H,4-5,7H2,1-3H3. The highest BCUT2D eigenvalue weighted by molar-refractivity contribution is 4.73. The van der Waals surface area contributed by atoms with Crippen molar-refractivity contribution in [1.82, 2.24) is 5.32 Å². The second-order valence-corrected chi connectivity index (χ2v) is 2.75. The van der Waals surface area contributed by atoms with E-state index < -0.39 is 0 Å². The number of hydrogen-bond donors (Lipinski definition) is 2. The normalized spacial score (nSPS) is 12.0. The number of rotatable bonds is 4. The van der Waals surface area contributed by atoms with E-state index in [1.165, 1.54) is 0 Å². The average molecular weight is 132 g/mol. The lowest BCUT2D eigenvalue weighted by Gasteiger charge is -2.22. The van der Waals surface area contributed by atoms with Gasteiger partial charge in [-0.25, -0.2) is 5.90 Å². The van der Waals surface area contributed by atoms with Crippen molar-refractivity contribution in [3.05, 3.63) is 0 Å². The largest absolute Gasteiger partial charge is 0.315 e. The molecule has 0 aliphatic rings. The van der Waals surface area contributed by atoms with E-state index in [1.54, 1.807) is 0 Å². The van der Waals surface area contributed by atoms with E-state index in [1.807, 2.05) is 7.05 Å². The molecule has 0 saturated heterocycles. The Bertz CT molecular complexity index is 73.5. The van der Waals surface area contributed by atoms with Gasteiger partial charge in [0.25, 0.3) is 0 Å². The Morgan fingerprint density at radius 3 is 2.44 bits per heavy atom. The highest BCUT2D eigenvalue weighted by atomic mass is 16.6. The molecule has 0 aliphatic carbocycles. The minimum atomic E-state index is 0.138. The van der Waals surface area contributed by atoms with Crippen molar-refractivity contribution >= 4 is 0 Å². The Hall–Kier alpha value is -0.120. The Balaban J connectivity index is 3.33. The van der Waals surface area contributed by atoms with Crippen molar-refractivity contribution in [3.63, 3.8) is 0 Å². The van der Waals surface area contributed by atoms with Crippen LogP contribution in [0.5, 0.6) is 0 Å². The van der Waals surface area contributed by atoms with E-state index in [2.05, 4.69) is 24.0 Å². The molecule has 3 heteroatoms. The number of nitrogens with one attached hydrogen (secondary N) is 1. The molecule has 0 radical (unpaired) electrons. The Labute approximate surface area is 56.5 Å². The van der Waals surface area contributed by atoms with Crippen molar-refractivity contribution in [2.24, 2.45) is 5.90 Å². The zero-order chi connectivity index (χ0) is 7.33. The Kier molecular flexibility index (Phi) is 3.77. The maximum atomic E-state index is 4.86. The van der Waals surface area contributed by atoms with Crippen LogP contribution in [0.2, 0.25) is 0 Å². The van der Waals surface area contributed by atoms with Crippen LogP contribution in [0.25, 0.3) is 0 Å². The van der Waals surface area contributed by atoms with Crippen molar-refractivity contribution in [3.8, 4) is 0 Å². The first-order chi connectivity index (χ1) is 4.12. The van der Waals surface area contributed by atoms with Gasteiger partial charge in [0.05, 0.1) is 6.61 Å². The molecule has 0 aromatic carbocycles. The van der Waals surface area contributed by atoms with Gasteiger partial charge in [0.1, 0.15) is 0 Å². The van der Waals surface area contributed by atoms with Gasteiger partial charge in [-0.05, 0) is 27.3 Å². The molecular formula is C6H16N2O. The smallest absolute Gasteiger partial charge is 0.0696 e. The Morgan fingerprint density at radius 2 is 2.11 bits per heavy atom. The summed E-state index contributed by atoms with van der Waals surface area (Å²) < 4.78 is 0. The van der Waals surface area contributed by atoms with Gasteiger partial charge >= 0.3 is 0 Å². The molecule has 0 heterocycles. The van der Waals surface area contributed by atoms with E-state index in [4.69, 9.17) is 5.90 Å². The molecule has 0 fully saturated rings. The summed E-state index contributed by atoms with van der Waals surface area (Å²) in [7, 11) is 1.93. The predicted molar refractivity (Wildman–Crippen MR) is 37.9 cm³/mol. The quantitative estimate of drug-likeness (QED) is 0.539. The number of hydrogen-bond acceptors (Lipinski definition) is 3. The summed E-state index contributed by atoms with van der Waals surface area (Å²) in [6, 6.07) is 0. The molecule has 3 N–H and O–H groups in total. The molecule has 56 valence electrons. The van der Waals surface area contributed by atoms with Crippen LogP contribution >= 0.6 is 0 Å². The van der Waals surface area contributed by atoms with Gasteiger partial charge in [-0.15, -0.1) is 0 Å². The molecule has 0 aromatic rings. The van der Waals surface area contributed by atoms with Crippen LogP contribution in [0.3, 0.4) is 0 Å². The van der Waals surface area contributed by atoms with Crippen LogP contribution in [0.15, 0.2) is 0 Å². The summed E-state index contributed by atoms with van der Waals surface area (Å²) in [4.78, 5) is 4.44. The lowest BCUT2D eigenvalue weighted by atomic mass is 10.0. The fraction of sp³-hybridized carbons (Fsp3) is 1.00. The third kappa shape index (κ3) is 4.39. The zero-order valence-corrected chi connectivity index (χ0v) is 6.40. The van der Waals surface area contributed by atoms with Crippen LogP contribution in [0.1, 0.15) is 20.3 Å². The lowest BCUT2D eigenvalue weighted by Crippen LogP contribution is -2.37. The van der Waals surface area contributed by atoms with E-state index in [0.717, 1.165) is 6.42 Å². The predicted octanol–water partition coefficient (Wildman–Crippen LogP) is 0.265. The fourth-order valence-corrected chi connectivity index (χ4v) is 0.439. The summed E-state index contributed by atoms with van der Waals surface area (Å²) in [5.74, 6) is 4.86. The summed E-state index contributed by atoms with van der Waals surface area (Å²) in [6.45, 7) is 4.81. The minimum Gasteiger partial charge on any atom is -0.315 e. The number of nitrogens with two attached hydrogens (primary N) is 1. The molecule has 0 amide bonds. The van der Waals surface area contributed by atoms with Crippen LogP contribution in [-0.4, -0.2) is 19.2 Å². The average Bonchev–Trinajstić information content (AvgIpc) is 1.84. The SMILES string of the molecule is CNC(C)(C)CCON. The van der Waals surface area contributed by atoms with Crippen molar-refractivity contribution in [1.29, 1.82) is 0 Å². The van der Waals surface area contributed by atoms with E-state index >= 15 is 0 Å². The molecule has 0 aromatic heterocycles. The monoisotopic (exact) mass is 132 g/mol. The van der Waals surface area contributed by atoms with E-state index in [-0.39, 0.29) is 5.54 Å². The molecule has 3 nitrogen and oxygen atoms in total. The summed E-state index contributed by atoms with van der Waals surface area (Å²) >= 11 is 0. The molecule has 0 unspecified atom stereocenters. The van der Waals surface area contributed by atoms with Gasteiger partial charge in [0.2, 0.25) is 0 Å². The zero-order valence-electron chi connectivity index (χ0n) is 6.40. The van der Waals surface area contributed by atoms with Crippen LogP contribution < -0.4 is 11.2 Å². The highest BCUT2D eigenvalue weighted by Crippen LogP contribution is 2.05. The lowest BCUT2D eigenvalue weighted by molar-refractivity contribution is 0.117. The van der Waals surface area contributed by atoms with Crippen molar-refractivity contribution in [2.75, 3.05) is 13.7 Å². The second-order valence-electron chi connectivity index (χ2n) is 2.75. The first-order valence-electron chi connectivity index (χ1n) is 3.13. The molecule has 0 bridgehead atoms. The summed E-state index contributed by atoms with van der Waals surface area (Å²) in [5, 5.41) is 3.14. The summed E-state index contributed by atoms with van der Waals surface area (Å²) in [5.41, 5.74) is 0.138.